The molecule has 0 heterocycles. The summed E-state index contributed by atoms with van der Waals surface area (Å²) in [5, 5.41) is 22.8. The van der Waals surface area contributed by atoms with Gasteiger partial charge in [-0.05, 0) is 18.1 Å². The van der Waals surface area contributed by atoms with Crippen LogP contribution in [0.1, 0.15) is 19.4 Å². The fourth-order valence-corrected chi connectivity index (χ4v) is 1.74. The van der Waals surface area contributed by atoms with E-state index in [1.54, 1.807) is 19.9 Å². The zero-order chi connectivity index (χ0) is 15.3. The Balaban J connectivity index is 3.23. The second-order valence-corrected chi connectivity index (χ2v) is 4.46. The van der Waals surface area contributed by atoms with Crippen molar-refractivity contribution in [3.63, 3.8) is 0 Å². The van der Waals surface area contributed by atoms with E-state index in [9.17, 15) is 14.9 Å². The van der Waals surface area contributed by atoms with Gasteiger partial charge < -0.3 is 10.1 Å². The van der Waals surface area contributed by atoms with Crippen LogP contribution in [0, 0.1) is 27.4 Å². The lowest BCUT2D eigenvalue weighted by Gasteiger charge is -2.20. The van der Waals surface area contributed by atoms with Gasteiger partial charge in [0.1, 0.15) is 23.4 Å². The smallest absolute Gasteiger partial charge is 0.328 e. The van der Waals surface area contributed by atoms with Crippen molar-refractivity contribution in [3.05, 3.63) is 33.9 Å². The van der Waals surface area contributed by atoms with Gasteiger partial charge in [0.2, 0.25) is 0 Å². The first-order chi connectivity index (χ1) is 9.42. The van der Waals surface area contributed by atoms with Gasteiger partial charge in [0.25, 0.3) is 0 Å². The molecular weight excluding hydrogens is 262 g/mol. The normalized spacial score (nSPS) is 11.6. The SMILES string of the molecule is COC(=O)C(Nc1cccc(C#N)c1[N+](=O)[O-])C(C)C. The molecule has 0 aliphatic rings. The van der Waals surface area contributed by atoms with Crippen LogP contribution < -0.4 is 5.32 Å². The van der Waals surface area contributed by atoms with Gasteiger partial charge in [0.05, 0.1) is 12.0 Å². The molecule has 0 aromatic heterocycles. The Morgan fingerprint density at radius 2 is 2.15 bits per heavy atom. The second kappa shape index (κ2) is 6.52. The molecule has 7 nitrogen and oxygen atoms in total. The monoisotopic (exact) mass is 277 g/mol. The van der Waals surface area contributed by atoms with Crippen LogP contribution in [0.4, 0.5) is 11.4 Å². The molecule has 0 spiro atoms. The Morgan fingerprint density at radius 3 is 2.60 bits per heavy atom. The van der Waals surface area contributed by atoms with E-state index in [0.717, 1.165) is 0 Å². The Bertz CT molecular complexity index is 563. The maximum absolute atomic E-state index is 11.7. The van der Waals surface area contributed by atoms with Crippen molar-refractivity contribution in [2.24, 2.45) is 5.92 Å². The third-order valence-corrected chi connectivity index (χ3v) is 2.77. The molecule has 1 unspecified atom stereocenters. The average Bonchev–Trinajstić information content (AvgIpc) is 2.42. The lowest BCUT2D eigenvalue weighted by molar-refractivity contribution is -0.384. The number of carbonyl (C=O) groups is 1. The van der Waals surface area contributed by atoms with Crippen LogP contribution in [0.2, 0.25) is 0 Å². The number of ether oxygens (including phenoxy) is 1. The quantitative estimate of drug-likeness (QED) is 0.501. The zero-order valence-electron chi connectivity index (χ0n) is 11.4. The van der Waals surface area contributed by atoms with Crippen molar-refractivity contribution in [1.29, 1.82) is 5.26 Å². The standard InChI is InChI=1S/C13H15N3O4/c1-8(2)11(13(17)20-3)15-10-6-4-5-9(7-14)12(10)16(18)19/h4-6,8,11,15H,1-3H3. The number of methoxy groups -OCH3 is 1. The average molecular weight is 277 g/mol. The molecule has 1 atom stereocenters. The van der Waals surface area contributed by atoms with E-state index < -0.39 is 16.9 Å². The van der Waals surface area contributed by atoms with Crippen LogP contribution in [-0.4, -0.2) is 24.0 Å². The maximum Gasteiger partial charge on any atom is 0.328 e. The number of esters is 1. The minimum absolute atomic E-state index is 0.0626. The molecule has 0 amide bonds. The van der Waals surface area contributed by atoms with Crippen molar-refractivity contribution in [2.75, 3.05) is 12.4 Å². The number of rotatable bonds is 5. The molecule has 1 rings (SSSR count). The number of hydrogen-bond acceptors (Lipinski definition) is 6. The van der Waals surface area contributed by atoms with Gasteiger partial charge in [-0.15, -0.1) is 0 Å². The van der Waals surface area contributed by atoms with Gasteiger partial charge in [-0.3, -0.25) is 10.1 Å². The predicted octanol–water partition coefficient (Wildman–Crippen LogP) is 2.08. The van der Waals surface area contributed by atoms with Crippen molar-refractivity contribution in [1.82, 2.24) is 0 Å². The molecule has 7 heteroatoms. The van der Waals surface area contributed by atoms with E-state index in [2.05, 4.69) is 10.1 Å². The summed E-state index contributed by atoms with van der Waals surface area (Å²) in [6.07, 6.45) is 0. The van der Waals surface area contributed by atoms with E-state index in [0.29, 0.717) is 0 Å². The molecule has 1 aromatic carbocycles. The molecule has 0 saturated heterocycles. The highest BCUT2D eigenvalue weighted by Crippen LogP contribution is 2.29. The first kappa shape index (κ1) is 15.4. The van der Waals surface area contributed by atoms with E-state index in [1.165, 1.54) is 25.3 Å². The van der Waals surface area contributed by atoms with Crippen LogP contribution in [0.3, 0.4) is 0 Å². The van der Waals surface area contributed by atoms with Crippen LogP contribution >= 0.6 is 0 Å². The first-order valence-electron chi connectivity index (χ1n) is 5.94. The highest BCUT2D eigenvalue weighted by molar-refractivity contribution is 5.81. The number of nitrogens with zero attached hydrogens (tertiary/aromatic N) is 2. The zero-order valence-corrected chi connectivity index (χ0v) is 11.4. The summed E-state index contributed by atoms with van der Waals surface area (Å²) in [6, 6.07) is 5.36. The maximum atomic E-state index is 11.7. The highest BCUT2D eigenvalue weighted by Gasteiger charge is 2.27. The molecule has 0 fully saturated rings. The Hall–Kier alpha value is -2.62. The Labute approximate surface area is 116 Å². The molecule has 1 N–H and O–H groups in total. The molecule has 1 aromatic rings. The summed E-state index contributed by atoms with van der Waals surface area (Å²) >= 11 is 0. The van der Waals surface area contributed by atoms with Crippen LogP contribution in [0.25, 0.3) is 0 Å². The fourth-order valence-electron chi connectivity index (χ4n) is 1.74. The molecule has 106 valence electrons. The minimum Gasteiger partial charge on any atom is -0.467 e. The molecule has 0 radical (unpaired) electrons. The van der Waals surface area contributed by atoms with Gasteiger partial charge in [0.15, 0.2) is 0 Å². The number of benzene rings is 1. The van der Waals surface area contributed by atoms with Crippen molar-refractivity contribution < 1.29 is 14.5 Å². The summed E-state index contributed by atoms with van der Waals surface area (Å²) in [5.41, 5.74) is -0.282. The van der Waals surface area contributed by atoms with E-state index in [1.807, 2.05) is 0 Å². The topological polar surface area (TPSA) is 105 Å². The number of hydrogen-bond donors (Lipinski definition) is 1. The number of para-hydroxylation sites is 1. The molecule has 0 aliphatic carbocycles. The summed E-state index contributed by atoms with van der Waals surface area (Å²) in [7, 11) is 1.25. The summed E-state index contributed by atoms with van der Waals surface area (Å²) < 4.78 is 4.67. The fraction of sp³-hybridized carbons (Fsp3) is 0.385. The number of nitro groups is 1. The van der Waals surface area contributed by atoms with Crippen molar-refractivity contribution >= 4 is 17.3 Å². The van der Waals surface area contributed by atoms with Gasteiger partial charge >= 0.3 is 11.7 Å². The van der Waals surface area contributed by atoms with Gasteiger partial charge in [-0.25, -0.2) is 4.79 Å². The number of carbonyl (C=O) groups excluding carboxylic acids is 1. The number of nitriles is 1. The van der Waals surface area contributed by atoms with Crippen LogP contribution in [0.5, 0.6) is 0 Å². The van der Waals surface area contributed by atoms with Gasteiger partial charge in [0, 0.05) is 0 Å². The number of nitro benzene ring substituents is 1. The third kappa shape index (κ3) is 3.23. The largest absolute Gasteiger partial charge is 0.467 e. The minimum atomic E-state index is -0.729. The first-order valence-corrected chi connectivity index (χ1v) is 5.94. The lowest BCUT2D eigenvalue weighted by Crippen LogP contribution is -2.35. The lowest BCUT2D eigenvalue weighted by atomic mass is 10.0. The van der Waals surface area contributed by atoms with Crippen LogP contribution in [0.15, 0.2) is 18.2 Å². The molecular formula is C13H15N3O4. The van der Waals surface area contributed by atoms with E-state index in [-0.39, 0.29) is 22.9 Å². The van der Waals surface area contributed by atoms with Crippen LogP contribution in [-0.2, 0) is 9.53 Å². The highest BCUT2D eigenvalue weighted by atomic mass is 16.6. The number of anilines is 1. The summed E-state index contributed by atoms with van der Waals surface area (Å²) in [4.78, 5) is 22.1. The summed E-state index contributed by atoms with van der Waals surface area (Å²) in [5.74, 6) is -0.649. The molecule has 0 aliphatic heterocycles. The van der Waals surface area contributed by atoms with Crippen molar-refractivity contribution in [3.8, 4) is 6.07 Å². The van der Waals surface area contributed by atoms with Gasteiger partial charge in [-0.1, -0.05) is 19.9 Å². The molecule has 0 saturated carbocycles. The molecule has 0 bridgehead atoms. The predicted molar refractivity (Wildman–Crippen MR) is 72.1 cm³/mol. The summed E-state index contributed by atoms with van der Waals surface area (Å²) in [6.45, 7) is 3.57. The van der Waals surface area contributed by atoms with E-state index in [4.69, 9.17) is 5.26 Å². The Kier molecular flexibility index (Phi) is 5.03. The second-order valence-electron chi connectivity index (χ2n) is 4.46. The third-order valence-electron chi connectivity index (χ3n) is 2.77. The van der Waals surface area contributed by atoms with Crippen molar-refractivity contribution in [2.45, 2.75) is 19.9 Å². The van der Waals surface area contributed by atoms with E-state index >= 15 is 0 Å². The van der Waals surface area contributed by atoms with Gasteiger partial charge in [-0.2, -0.15) is 5.26 Å². The molecule has 20 heavy (non-hydrogen) atoms. The number of nitrogens with one attached hydrogen (secondary N) is 1. The Morgan fingerprint density at radius 1 is 1.50 bits per heavy atom.